The first-order valence-electron chi connectivity index (χ1n) is 8.16. The monoisotopic (exact) mass is 327 g/mol. The van der Waals surface area contributed by atoms with E-state index in [9.17, 15) is 0 Å². The summed E-state index contributed by atoms with van der Waals surface area (Å²) >= 11 is 0. The molecule has 0 aliphatic carbocycles. The zero-order valence-electron chi connectivity index (χ0n) is 13.6. The zero-order valence-corrected chi connectivity index (χ0v) is 13.6. The molecule has 0 aliphatic rings. The van der Waals surface area contributed by atoms with Crippen LogP contribution in [0.4, 0.5) is 5.69 Å². The van der Waals surface area contributed by atoms with E-state index in [-0.39, 0.29) is 0 Å². The van der Waals surface area contributed by atoms with Gasteiger partial charge in [-0.3, -0.25) is 0 Å². The van der Waals surface area contributed by atoms with E-state index in [1.54, 1.807) is 0 Å². The maximum Gasteiger partial charge on any atom is 0.258 e. The summed E-state index contributed by atoms with van der Waals surface area (Å²) in [7, 11) is 0. The lowest BCUT2D eigenvalue weighted by molar-refractivity contribution is 0.432. The maximum absolute atomic E-state index is 5.43. The van der Waals surface area contributed by atoms with Gasteiger partial charge < -0.3 is 9.84 Å². The molecule has 0 saturated heterocycles. The normalized spacial score (nSPS) is 10.6. The molecule has 4 nitrogen and oxygen atoms in total. The van der Waals surface area contributed by atoms with Crippen LogP contribution in [0.15, 0.2) is 89.5 Å². The van der Waals surface area contributed by atoms with Crippen molar-refractivity contribution in [3.63, 3.8) is 0 Å². The quantitative estimate of drug-likeness (QED) is 0.559. The fourth-order valence-corrected chi connectivity index (χ4v) is 2.66. The molecule has 3 aromatic carbocycles. The van der Waals surface area contributed by atoms with Crippen molar-refractivity contribution < 1.29 is 4.52 Å². The van der Waals surface area contributed by atoms with Crippen LogP contribution in [-0.4, -0.2) is 10.1 Å². The summed E-state index contributed by atoms with van der Waals surface area (Å²) in [4.78, 5) is 4.55. The maximum atomic E-state index is 5.43. The molecule has 1 aromatic heterocycles. The molecule has 0 bridgehead atoms. The third-order valence-electron chi connectivity index (χ3n) is 3.94. The molecular formula is C21H17N3O. The van der Waals surface area contributed by atoms with Gasteiger partial charge in [0.2, 0.25) is 5.82 Å². The topological polar surface area (TPSA) is 51.0 Å². The Labute approximate surface area is 146 Å². The van der Waals surface area contributed by atoms with Crippen LogP contribution in [-0.2, 0) is 6.54 Å². The van der Waals surface area contributed by atoms with Crippen LogP contribution in [0.5, 0.6) is 0 Å². The number of rotatable bonds is 5. The van der Waals surface area contributed by atoms with E-state index in [1.165, 1.54) is 5.56 Å². The van der Waals surface area contributed by atoms with Gasteiger partial charge >= 0.3 is 0 Å². The van der Waals surface area contributed by atoms with Gasteiger partial charge in [0.15, 0.2) is 0 Å². The van der Waals surface area contributed by atoms with E-state index >= 15 is 0 Å². The predicted octanol–water partition coefficient (Wildman–Crippen LogP) is 5.02. The Hall–Kier alpha value is -3.40. The third kappa shape index (κ3) is 3.43. The van der Waals surface area contributed by atoms with Gasteiger partial charge in [0, 0.05) is 23.4 Å². The number of para-hydroxylation sites is 1. The average Bonchev–Trinajstić information content (AvgIpc) is 3.18. The fourth-order valence-electron chi connectivity index (χ4n) is 2.66. The number of hydrogen-bond acceptors (Lipinski definition) is 4. The zero-order chi connectivity index (χ0) is 16.9. The van der Waals surface area contributed by atoms with Gasteiger partial charge in [0.25, 0.3) is 5.89 Å². The number of anilines is 1. The first-order chi connectivity index (χ1) is 12.4. The largest absolute Gasteiger partial charge is 0.380 e. The minimum atomic E-state index is 0.522. The third-order valence-corrected chi connectivity index (χ3v) is 3.94. The summed E-state index contributed by atoms with van der Waals surface area (Å²) in [5.74, 6) is 1.10. The summed E-state index contributed by atoms with van der Waals surface area (Å²) in [6, 6.07) is 28.0. The van der Waals surface area contributed by atoms with Crippen LogP contribution < -0.4 is 5.32 Å². The van der Waals surface area contributed by atoms with Gasteiger partial charge in [-0.2, -0.15) is 4.98 Å². The second-order valence-corrected chi connectivity index (χ2v) is 5.67. The molecule has 4 aromatic rings. The molecule has 0 fully saturated rings. The molecule has 0 amide bonds. The van der Waals surface area contributed by atoms with Crippen LogP contribution in [0.25, 0.3) is 22.8 Å². The molecule has 25 heavy (non-hydrogen) atoms. The average molecular weight is 327 g/mol. The SMILES string of the molecule is c1ccc(CNc2ccccc2-c2noc(-c3ccccc3)n2)cc1. The van der Waals surface area contributed by atoms with E-state index in [1.807, 2.05) is 72.8 Å². The highest BCUT2D eigenvalue weighted by molar-refractivity contribution is 5.74. The summed E-state index contributed by atoms with van der Waals surface area (Å²) < 4.78 is 5.43. The van der Waals surface area contributed by atoms with E-state index in [0.717, 1.165) is 23.4 Å². The van der Waals surface area contributed by atoms with Gasteiger partial charge in [-0.25, -0.2) is 0 Å². The van der Waals surface area contributed by atoms with E-state index in [2.05, 4.69) is 27.6 Å². The molecule has 4 rings (SSSR count). The van der Waals surface area contributed by atoms with Crippen LogP contribution >= 0.6 is 0 Å². The molecule has 0 unspecified atom stereocenters. The lowest BCUT2D eigenvalue weighted by Gasteiger charge is -2.09. The highest BCUT2D eigenvalue weighted by atomic mass is 16.5. The van der Waals surface area contributed by atoms with Crippen molar-refractivity contribution in [2.75, 3.05) is 5.32 Å². The first kappa shape index (κ1) is 15.1. The van der Waals surface area contributed by atoms with Crippen LogP contribution in [0.3, 0.4) is 0 Å². The van der Waals surface area contributed by atoms with Crippen LogP contribution in [0.2, 0.25) is 0 Å². The van der Waals surface area contributed by atoms with E-state index < -0.39 is 0 Å². The van der Waals surface area contributed by atoms with Crippen molar-refractivity contribution in [3.8, 4) is 22.8 Å². The van der Waals surface area contributed by atoms with Crippen molar-refractivity contribution >= 4 is 5.69 Å². The lowest BCUT2D eigenvalue weighted by Crippen LogP contribution is -2.01. The molecule has 4 heteroatoms. The highest BCUT2D eigenvalue weighted by Gasteiger charge is 2.13. The molecule has 1 N–H and O–H groups in total. The Balaban J connectivity index is 1.60. The van der Waals surface area contributed by atoms with E-state index in [4.69, 9.17) is 4.52 Å². The molecule has 0 aliphatic heterocycles. The van der Waals surface area contributed by atoms with Crippen molar-refractivity contribution in [1.82, 2.24) is 10.1 Å². The fraction of sp³-hybridized carbons (Fsp3) is 0.0476. The highest BCUT2D eigenvalue weighted by Crippen LogP contribution is 2.28. The number of nitrogens with zero attached hydrogens (tertiary/aromatic N) is 2. The van der Waals surface area contributed by atoms with Crippen LogP contribution in [0.1, 0.15) is 5.56 Å². The van der Waals surface area contributed by atoms with Gasteiger partial charge in [-0.15, -0.1) is 0 Å². The predicted molar refractivity (Wildman–Crippen MR) is 98.9 cm³/mol. The van der Waals surface area contributed by atoms with Gasteiger partial charge in [0.05, 0.1) is 0 Å². The summed E-state index contributed by atoms with van der Waals surface area (Å²) in [6.07, 6.45) is 0. The number of benzene rings is 3. The Morgan fingerprint density at radius 1 is 0.760 bits per heavy atom. The summed E-state index contributed by atoms with van der Waals surface area (Å²) in [6.45, 7) is 0.737. The second-order valence-electron chi connectivity index (χ2n) is 5.67. The van der Waals surface area contributed by atoms with Crippen molar-refractivity contribution in [2.45, 2.75) is 6.54 Å². The van der Waals surface area contributed by atoms with Crippen molar-refractivity contribution in [3.05, 3.63) is 90.5 Å². The van der Waals surface area contributed by atoms with Gasteiger partial charge in [0.1, 0.15) is 0 Å². The molecule has 1 heterocycles. The molecule has 0 radical (unpaired) electrons. The first-order valence-corrected chi connectivity index (χ1v) is 8.16. The Morgan fingerprint density at radius 2 is 1.44 bits per heavy atom. The molecule has 0 atom stereocenters. The minimum Gasteiger partial charge on any atom is -0.380 e. The Kier molecular flexibility index (Phi) is 4.25. The summed E-state index contributed by atoms with van der Waals surface area (Å²) in [5.41, 5.74) is 4.03. The number of aromatic nitrogens is 2. The smallest absolute Gasteiger partial charge is 0.258 e. The van der Waals surface area contributed by atoms with Crippen LogP contribution in [0, 0.1) is 0 Å². The van der Waals surface area contributed by atoms with Gasteiger partial charge in [-0.1, -0.05) is 65.8 Å². The Bertz CT molecular complexity index is 949. The Morgan fingerprint density at radius 3 is 2.24 bits per heavy atom. The second kappa shape index (κ2) is 7.01. The molecular weight excluding hydrogens is 310 g/mol. The number of hydrogen-bond donors (Lipinski definition) is 1. The lowest BCUT2D eigenvalue weighted by atomic mass is 10.1. The van der Waals surface area contributed by atoms with Crippen molar-refractivity contribution in [2.24, 2.45) is 0 Å². The van der Waals surface area contributed by atoms with E-state index in [0.29, 0.717) is 11.7 Å². The standard InChI is InChI=1S/C21H17N3O/c1-3-9-16(10-4-1)15-22-19-14-8-7-13-18(19)20-23-21(25-24-20)17-11-5-2-6-12-17/h1-14,22H,15H2. The van der Waals surface area contributed by atoms with Crippen molar-refractivity contribution in [1.29, 1.82) is 0 Å². The summed E-state index contributed by atoms with van der Waals surface area (Å²) in [5, 5.41) is 7.61. The molecule has 122 valence electrons. The minimum absolute atomic E-state index is 0.522. The van der Waals surface area contributed by atoms with Gasteiger partial charge in [-0.05, 0) is 29.8 Å². The molecule has 0 spiro atoms. The molecule has 0 saturated carbocycles. The number of nitrogens with one attached hydrogen (secondary N) is 1.